The minimum Gasteiger partial charge on any atom is -0.314 e. The Kier molecular flexibility index (Phi) is 4.43. The molecule has 5 nitrogen and oxygen atoms in total. The van der Waals surface area contributed by atoms with E-state index in [4.69, 9.17) is 11.6 Å². The molecule has 2 aliphatic heterocycles. The molecule has 2 aromatic rings. The Hall–Kier alpha value is -2.05. The average molecular weight is 405 g/mol. The second kappa shape index (κ2) is 6.53. The zero-order valence-corrected chi connectivity index (χ0v) is 16.8. The van der Waals surface area contributed by atoms with Gasteiger partial charge in [-0.2, -0.15) is 0 Å². The molecule has 0 unspecified atom stereocenters. The van der Waals surface area contributed by atoms with Gasteiger partial charge in [-0.3, -0.25) is 4.90 Å². The van der Waals surface area contributed by atoms with Gasteiger partial charge in [-0.1, -0.05) is 47.5 Å². The Morgan fingerprint density at radius 1 is 1.04 bits per heavy atom. The van der Waals surface area contributed by atoms with Crippen molar-refractivity contribution >= 4 is 33.2 Å². The second-order valence-electron chi connectivity index (χ2n) is 7.41. The Labute approximate surface area is 164 Å². The quantitative estimate of drug-likeness (QED) is 0.735. The number of sulfone groups is 1. The lowest BCUT2D eigenvalue weighted by Gasteiger charge is -2.23. The number of carbonyl (C=O) groups is 1. The van der Waals surface area contributed by atoms with Crippen LogP contribution in [0.3, 0.4) is 0 Å². The molecule has 0 bridgehead atoms. The third-order valence-corrected chi connectivity index (χ3v) is 7.49. The molecule has 0 saturated carbocycles. The summed E-state index contributed by atoms with van der Waals surface area (Å²) < 4.78 is 24.6. The lowest BCUT2D eigenvalue weighted by Crippen LogP contribution is -2.37. The van der Waals surface area contributed by atoms with Crippen LogP contribution in [0.15, 0.2) is 42.5 Å². The normalized spacial score (nSPS) is 23.7. The number of hydrogen-bond acceptors (Lipinski definition) is 3. The smallest absolute Gasteiger partial charge is 0.314 e. The maximum absolute atomic E-state index is 13.2. The highest BCUT2D eigenvalue weighted by molar-refractivity contribution is 7.91. The predicted molar refractivity (Wildman–Crippen MR) is 107 cm³/mol. The predicted octanol–water partition coefficient (Wildman–Crippen LogP) is 3.56. The number of aryl methyl sites for hydroxylation is 2. The van der Waals surface area contributed by atoms with E-state index in [9.17, 15) is 13.2 Å². The first-order valence-electron chi connectivity index (χ1n) is 8.87. The molecule has 0 aliphatic carbocycles. The van der Waals surface area contributed by atoms with Gasteiger partial charge in [0.15, 0.2) is 9.84 Å². The lowest BCUT2D eigenvalue weighted by atomic mass is 10.1. The van der Waals surface area contributed by atoms with Crippen molar-refractivity contribution in [3.8, 4) is 0 Å². The summed E-state index contributed by atoms with van der Waals surface area (Å²) in [5.74, 6) is -0.00926. The molecule has 4 rings (SSSR count). The van der Waals surface area contributed by atoms with Crippen LogP contribution in [0.25, 0.3) is 0 Å². The van der Waals surface area contributed by atoms with E-state index in [1.807, 2.05) is 50.2 Å². The number of halogens is 1. The van der Waals surface area contributed by atoms with E-state index < -0.39 is 9.84 Å². The van der Waals surface area contributed by atoms with Crippen LogP contribution in [-0.2, 0) is 16.4 Å². The fourth-order valence-corrected chi connectivity index (χ4v) is 6.01. The molecule has 2 atom stereocenters. The highest BCUT2D eigenvalue weighted by Crippen LogP contribution is 2.37. The van der Waals surface area contributed by atoms with E-state index in [0.29, 0.717) is 17.3 Å². The highest BCUT2D eigenvalue weighted by atomic mass is 35.5. The third kappa shape index (κ3) is 3.32. The summed E-state index contributed by atoms with van der Waals surface area (Å²) in [4.78, 5) is 16.5. The van der Waals surface area contributed by atoms with E-state index in [1.165, 1.54) is 0 Å². The molecule has 2 aromatic carbocycles. The molecule has 0 N–H and O–H groups in total. The second-order valence-corrected chi connectivity index (χ2v) is 9.97. The number of fused-ring (bicyclic) bond motifs is 1. The van der Waals surface area contributed by atoms with Gasteiger partial charge < -0.3 is 4.90 Å². The number of hydrogen-bond donors (Lipinski definition) is 0. The third-order valence-electron chi connectivity index (χ3n) is 5.38. The van der Waals surface area contributed by atoms with Crippen molar-refractivity contribution in [1.29, 1.82) is 0 Å². The summed E-state index contributed by atoms with van der Waals surface area (Å²) in [6.45, 7) is 4.30. The lowest BCUT2D eigenvalue weighted by molar-refractivity contribution is 0.206. The standard InChI is InChI=1S/C20H21ClN2O3S/c1-13-3-6-15(7-4-13)10-22-18-11-27(25,26)12-19(18)23(20(22)24)16-8-5-14(2)17(21)9-16/h3-9,18-19H,10-12H2,1-2H3/t18-,19-/m1/s1. The van der Waals surface area contributed by atoms with E-state index in [-0.39, 0.29) is 29.6 Å². The van der Waals surface area contributed by atoms with Crippen molar-refractivity contribution in [3.05, 3.63) is 64.2 Å². The number of amides is 2. The molecule has 27 heavy (non-hydrogen) atoms. The number of benzene rings is 2. The topological polar surface area (TPSA) is 57.7 Å². The number of rotatable bonds is 3. The van der Waals surface area contributed by atoms with Gasteiger partial charge in [0, 0.05) is 17.3 Å². The van der Waals surface area contributed by atoms with E-state index in [1.54, 1.807) is 15.9 Å². The molecule has 2 heterocycles. The summed E-state index contributed by atoms with van der Waals surface area (Å²) in [5, 5.41) is 0.565. The molecule has 2 saturated heterocycles. The van der Waals surface area contributed by atoms with Gasteiger partial charge in [-0.05, 0) is 37.1 Å². The van der Waals surface area contributed by atoms with Gasteiger partial charge in [-0.25, -0.2) is 13.2 Å². The number of urea groups is 1. The summed E-state index contributed by atoms with van der Waals surface area (Å²) in [6.07, 6.45) is 0. The summed E-state index contributed by atoms with van der Waals surface area (Å²) in [6, 6.07) is 12.5. The van der Waals surface area contributed by atoms with Crippen molar-refractivity contribution in [3.63, 3.8) is 0 Å². The van der Waals surface area contributed by atoms with Crippen LogP contribution in [0.2, 0.25) is 5.02 Å². The Balaban J connectivity index is 1.71. The monoisotopic (exact) mass is 404 g/mol. The van der Waals surface area contributed by atoms with Crippen molar-refractivity contribution in [2.24, 2.45) is 0 Å². The zero-order valence-electron chi connectivity index (χ0n) is 15.2. The van der Waals surface area contributed by atoms with Gasteiger partial charge in [0.2, 0.25) is 0 Å². The van der Waals surface area contributed by atoms with E-state index in [0.717, 1.165) is 16.7 Å². The van der Waals surface area contributed by atoms with Crippen molar-refractivity contribution in [2.75, 3.05) is 16.4 Å². The molecule has 142 valence electrons. The molecule has 2 fully saturated rings. The van der Waals surface area contributed by atoms with E-state index in [2.05, 4.69) is 0 Å². The van der Waals surface area contributed by atoms with Crippen molar-refractivity contribution < 1.29 is 13.2 Å². The molecular weight excluding hydrogens is 384 g/mol. The Morgan fingerprint density at radius 3 is 2.37 bits per heavy atom. The first-order chi connectivity index (χ1) is 12.7. The fraction of sp³-hybridized carbons (Fsp3) is 0.350. The van der Waals surface area contributed by atoms with Gasteiger partial charge >= 0.3 is 6.03 Å². The van der Waals surface area contributed by atoms with Gasteiger partial charge in [-0.15, -0.1) is 0 Å². The minimum absolute atomic E-state index is 0.00532. The summed E-state index contributed by atoms with van der Waals surface area (Å²) >= 11 is 6.25. The van der Waals surface area contributed by atoms with Crippen LogP contribution in [0.4, 0.5) is 10.5 Å². The molecule has 2 amide bonds. The molecule has 0 spiro atoms. The Bertz CT molecular complexity index is 1000. The molecule has 0 aromatic heterocycles. The number of nitrogens with zero attached hydrogens (tertiary/aromatic N) is 2. The highest BCUT2D eigenvalue weighted by Gasteiger charge is 2.53. The van der Waals surface area contributed by atoms with Crippen molar-refractivity contribution in [2.45, 2.75) is 32.5 Å². The first-order valence-corrected chi connectivity index (χ1v) is 11.1. The van der Waals surface area contributed by atoms with E-state index >= 15 is 0 Å². The molecule has 2 aliphatic rings. The zero-order chi connectivity index (χ0) is 19.3. The van der Waals surface area contributed by atoms with Gasteiger partial charge in [0.25, 0.3) is 0 Å². The molecule has 0 radical (unpaired) electrons. The van der Waals surface area contributed by atoms with Crippen LogP contribution in [0.5, 0.6) is 0 Å². The van der Waals surface area contributed by atoms with Crippen LogP contribution in [0.1, 0.15) is 16.7 Å². The van der Waals surface area contributed by atoms with Crippen LogP contribution in [-0.4, -0.2) is 42.9 Å². The Morgan fingerprint density at radius 2 is 1.70 bits per heavy atom. The largest absolute Gasteiger partial charge is 0.325 e. The number of carbonyl (C=O) groups excluding carboxylic acids is 1. The van der Waals surface area contributed by atoms with Crippen molar-refractivity contribution in [1.82, 2.24) is 4.90 Å². The molecular formula is C20H21ClN2O3S. The van der Waals surface area contributed by atoms with Crippen LogP contribution in [0, 0.1) is 13.8 Å². The van der Waals surface area contributed by atoms with Gasteiger partial charge in [0.1, 0.15) is 0 Å². The summed E-state index contributed by atoms with van der Waals surface area (Å²) in [5.41, 5.74) is 3.69. The van der Waals surface area contributed by atoms with Crippen LogP contribution < -0.4 is 4.90 Å². The fourth-order valence-electron chi connectivity index (χ4n) is 3.89. The summed E-state index contributed by atoms with van der Waals surface area (Å²) in [7, 11) is -3.19. The molecule has 7 heteroatoms. The average Bonchev–Trinajstić information content (AvgIpc) is 3.03. The SMILES string of the molecule is Cc1ccc(CN2C(=O)N(c3ccc(C)c(Cl)c3)[C@@H]3CS(=O)(=O)C[C@H]32)cc1. The number of anilines is 1. The van der Waals surface area contributed by atoms with Gasteiger partial charge in [0.05, 0.1) is 23.6 Å². The maximum Gasteiger partial charge on any atom is 0.325 e. The maximum atomic E-state index is 13.2. The first kappa shape index (κ1) is 18.3. The van der Waals surface area contributed by atoms with Crippen LogP contribution >= 0.6 is 11.6 Å². The minimum atomic E-state index is -3.19.